The van der Waals surface area contributed by atoms with Crippen molar-refractivity contribution in [3.63, 3.8) is 0 Å². The van der Waals surface area contributed by atoms with Crippen LogP contribution in [0, 0.1) is 11.8 Å². The number of hydrogen-bond donors (Lipinski definition) is 0. The molecule has 0 saturated carbocycles. The van der Waals surface area contributed by atoms with Crippen LogP contribution in [0.5, 0.6) is 5.75 Å². The maximum atomic E-state index is 7.01. The Morgan fingerprint density at radius 2 is 1.71 bits per heavy atom. The molecular weight excluding hydrogens is 609 g/mol. The lowest BCUT2D eigenvalue weighted by molar-refractivity contribution is 0.0996. The Kier molecular flexibility index (Phi) is 10.8. The Bertz CT molecular complexity index is 1400. The highest BCUT2D eigenvalue weighted by Crippen LogP contribution is 2.64. The van der Waals surface area contributed by atoms with E-state index in [4.69, 9.17) is 9.16 Å². The van der Waals surface area contributed by atoms with Crippen molar-refractivity contribution in [2.75, 3.05) is 43.7 Å². The summed E-state index contributed by atoms with van der Waals surface area (Å²) in [6.07, 6.45) is 7.16. The van der Waals surface area contributed by atoms with Crippen molar-refractivity contribution in [1.82, 2.24) is 4.90 Å². The molecule has 2 aromatic carbocycles. The predicted molar refractivity (Wildman–Crippen MR) is 199 cm³/mol. The van der Waals surface area contributed by atoms with Gasteiger partial charge in [-0.25, -0.2) is 0 Å². The summed E-state index contributed by atoms with van der Waals surface area (Å²) in [5.41, 5.74) is 5.36. The smallest absolute Gasteiger partial charge is 0.192 e. The topological polar surface area (TPSA) is 24.9 Å². The first kappa shape index (κ1) is 34.5. The molecule has 0 unspecified atom stereocenters. The van der Waals surface area contributed by atoms with Crippen molar-refractivity contribution in [2.24, 2.45) is 0 Å². The standard InChI is InChI=1S/C38H54N2O2S2Si/c1-9-45(10-2,11-3)42-29-31-26-37-22-24-39(23-14-15-25-44-36(4,5)6)38(37,27-35(31)43-8)40(34-17-13-12-16-33(34)37)28-30-18-20-32(41-7)21-19-30/h12-13,16-21,26,35H,9-11,22-25,27-29H2,1-8H3/t35-,37+,38+/m0/s1. The van der Waals surface area contributed by atoms with Crippen LogP contribution in [0.3, 0.4) is 0 Å². The van der Waals surface area contributed by atoms with Gasteiger partial charge >= 0.3 is 0 Å². The molecule has 3 atom stereocenters. The summed E-state index contributed by atoms with van der Waals surface area (Å²) in [4.78, 5) is 5.50. The first-order valence-corrected chi connectivity index (χ1v) is 21.6. The summed E-state index contributed by atoms with van der Waals surface area (Å²) in [5, 5.41) is 0.396. The molecule has 1 aliphatic carbocycles. The third-order valence-electron chi connectivity index (χ3n) is 10.7. The molecular formula is C38H54N2O2S2Si. The number of nitrogens with zero attached hydrogens (tertiary/aromatic N) is 2. The zero-order valence-corrected chi connectivity index (χ0v) is 31.5. The molecule has 7 heteroatoms. The molecule has 1 fully saturated rings. The summed E-state index contributed by atoms with van der Waals surface area (Å²) < 4.78 is 12.7. The highest BCUT2D eigenvalue weighted by atomic mass is 32.2. The van der Waals surface area contributed by atoms with Crippen LogP contribution in [0.1, 0.15) is 65.5 Å². The van der Waals surface area contributed by atoms with Crippen molar-refractivity contribution in [3.05, 3.63) is 71.3 Å². The fourth-order valence-corrected chi connectivity index (χ4v) is 12.0. The predicted octanol–water partition coefficient (Wildman–Crippen LogP) is 8.97. The van der Waals surface area contributed by atoms with Crippen molar-refractivity contribution in [1.29, 1.82) is 0 Å². The average molecular weight is 663 g/mol. The summed E-state index contributed by atoms with van der Waals surface area (Å²) >= 11 is 3.93. The number of ether oxygens (including phenoxy) is 1. The van der Waals surface area contributed by atoms with E-state index in [0.29, 0.717) is 5.25 Å². The molecule has 2 heterocycles. The first-order valence-electron chi connectivity index (χ1n) is 16.8. The van der Waals surface area contributed by atoms with Gasteiger partial charge in [0, 0.05) is 35.2 Å². The molecule has 0 amide bonds. The molecule has 3 aliphatic rings. The van der Waals surface area contributed by atoms with E-state index in [1.165, 1.54) is 40.5 Å². The second-order valence-electron chi connectivity index (χ2n) is 13.8. The Balaban J connectivity index is 1.59. The Morgan fingerprint density at radius 1 is 1.00 bits per heavy atom. The molecule has 5 rings (SSSR count). The molecule has 0 aromatic heterocycles. The van der Waals surface area contributed by atoms with Crippen LogP contribution in [0.4, 0.5) is 5.69 Å². The molecule has 0 radical (unpaired) electrons. The molecule has 0 N–H and O–H groups in total. The van der Waals surface area contributed by atoms with E-state index < -0.39 is 8.32 Å². The van der Waals surface area contributed by atoms with Gasteiger partial charge in [-0.05, 0) is 65.7 Å². The fourth-order valence-electron chi connectivity index (χ4n) is 7.97. The summed E-state index contributed by atoms with van der Waals surface area (Å²) in [7, 11) is 0.0258. The summed E-state index contributed by atoms with van der Waals surface area (Å²) in [6, 6.07) is 21.4. The summed E-state index contributed by atoms with van der Waals surface area (Å²) in [5.74, 6) is 8.94. The normalized spacial score (nSPS) is 24.4. The van der Waals surface area contributed by atoms with Crippen molar-refractivity contribution < 1.29 is 9.16 Å². The molecule has 0 bridgehead atoms. The van der Waals surface area contributed by atoms with Gasteiger partial charge in [-0.2, -0.15) is 11.8 Å². The second kappa shape index (κ2) is 14.1. The molecule has 244 valence electrons. The number of para-hydroxylation sites is 1. The van der Waals surface area contributed by atoms with Crippen LogP contribution >= 0.6 is 23.5 Å². The van der Waals surface area contributed by atoms with Crippen LogP contribution in [0.15, 0.2) is 60.2 Å². The number of methoxy groups -OCH3 is 1. The van der Waals surface area contributed by atoms with Gasteiger partial charge in [0.15, 0.2) is 8.32 Å². The van der Waals surface area contributed by atoms with E-state index in [9.17, 15) is 0 Å². The fraction of sp³-hybridized carbons (Fsp3) is 0.579. The van der Waals surface area contributed by atoms with E-state index in [-0.39, 0.29) is 15.8 Å². The zero-order chi connectivity index (χ0) is 32.3. The lowest BCUT2D eigenvalue weighted by Crippen LogP contribution is -2.65. The third-order valence-corrected chi connectivity index (χ3v) is 17.5. The molecule has 4 nitrogen and oxygen atoms in total. The number of benzene rings is 2. The zero-order valence-electron chi connectivity index (χ0n) is 28.9. The van der Waals surface area contributed by atoms with Crippen LogP contribution in [0.25, 0.3) is 0 Å². The maximum absolute atomic E-state index is 7.01. The largest absolute Gasteiger partial charge is 0.497 e. The highest BCUT2D eigenvalue weighted by Gasteiger charge is 2.68. The SMILES string of the molecule is CC[Si](CC)(CC)OCC1=C[C@@]23CCN(CC#CCSC(C)(C)C)[C@]2(C[C@@H]1SC)N(Cc1ccc(OC)cc1)c1ccccc13. The lowest BCUT2D eigenvalue weighted by Gasteiger charge is -2.54. The van der Waals surface area contributed by atoms with Crippen LogP contribution < -0.4 is 9.64 Å². The highest BCUT2D eigenvalue weighted by molar-refractivity contribution is 8.00. The first-order chi connectivity index (χ1) is 21.6. The van der Waals surface area contributed by atoms with Crippen molar-refractivity contribution in [3.8, 4) is 17.6 Å². The van der Waals surface area contributed by atoms with E-state index in [0.717, 1.165) is 50.6 Å². The van der Waals surface area contributed by atoms with Crippen molar-refractivity contribution >= 4 is 37.5 Å². The minimum Gasteiger partial charge on any atom is -0.497 e. The number of anilines is 1. The van der Waals surface area contributed by atoms with Gasteiger partial charge in [0.2, 0.25) is 0 Å². The molecule has 0 spiro atoms. The van der Waals surface area contributed by atoms with Gasteiger partial charge in [0.05, 0.1) is 31.4 Å². The number of fused-ring (bicyclic) bond motifs is 1. The minimum atomic E-state index is -1.71. The number of rotatable bonds is 12. The van der Waals surface area contributed by atoms with Gasteiger partial charge in [-0.1, -0.05) is 89.8 Å². The van der Waals surface area contributed by atoms with Crippen LogP contribution in [-0.2, 0) is 16.4 Å². The summed E-state index contributed by atoms with van der Waals surface area (Å²) in [6.45, 7) is 17.3. The van der Waals surface area contributed by atoms with Crippen LogP contribution in [0.2, 0.25) is 18.1 Å². The molecule has 1 saturated heterocycles. The average Bonchev–Trinajstić information content (AvgIpc) is 3.49. The van der Waals surface area contributed by atoms with Gasteiger partial charge in [-0.15, -0.1) is 11.8 Å². The maximum Gasteiger partial charge on any atom is 0.192 e. The van der Waals surface area contributed by atoms with E-state index in [2.05, 4.69) is 124 Å². The minimum absolute atomic E-state index is 0.0995. The molecule has 45 heavy (non-hydrogen) atoms. The number of likely N-dealkylation sites (tertiary alicyclic amines) is 1. The molecule has 2 aliphatic heterocycles. The van der Waals surface area contributed by atoms with E-state index in [1.807, 2.05) is 23.5 Å². The van der Waals surface area contributed by atoms with E-state index in [1.54, 1.807) is 7.11 Å². The monoisotopic (exact) mass is 662 g/mol. The second-order valence-corrected chi connectivity index (χ2v) is 21.5. The lowest BCUT2D eigenvalue weighted by atomic mass is 9.66. The Morgan fingerprint density at radius 3 is 2.36 bits per heavy atom. The third kappa shape index (κ3) is 6.52. The van der Waals surface area contributed by atoms with Gasteiger partial charge < -0.3 is 14.1 Å². The quantitative estimate of drug-likeness (QED) is 0.128. The van der Waals surface area contributed by atoms with Crippen molar-refractivity contribution in [2.45, 2.75) is 100 Å². The van der Waals surface area contributed by atoms with E-state index >= 15 is 0 Å². The number of hydrogen-bond acceptors (Lipinski definition) is 6. The van der Waals surface area contributed by atoms with Gasteiger partial charge in [-0.3, -0.25) is 4.90 Å². The van der Waals surface area contributed by atoms with Crippen LogP contribution in [-0.4, -0.2) is 67.7 Å². The molecule has 2 aromatic rings. The number of thioether (sulfide) groups is 2. The van der Waals surface area contributed by atoms with Gasteiger partial charge in [0.25, 0.3) is 0 Å². The Hall–Kier alpha value is -1.82. The van der Waals surface area contributed by atoms with Gasteiger partial charge in [0.1, 0.15) is 11.4 Å². The Labute approximate surface area is 283 Å².